The molecular formula is C33H43N2O12P. The molecule has 1 fully saturated rings. The second-order valence-corrected chi connectivity index (χ2v) is 13.1. The Morgan fingerprint density at radius 2 is 1.62 bits per heavy atom. The molecule has 3 aromatic rings. The van der Waals surface area contributed by atoms with Crippen LogP contribution in [0.4, 0.5) is 0 Å². The van der Waals surface area contributed by atoms with Crippen molar-refractivity contribution in [2.24, 2.45) is 0 Å². The summed E-state index contributed by atoms with van der Waals surface area (Å²) < 4.78 is 55.6. The van der Waals surface area contributed by atoms with E-state index in [9.17, 15) is 24.1 Å². The molecule has 1 aromatic heterocycles. The first-order valence-electron chi connectivity index (χ1n) is 15.7. The summed E-state index contributed by atoms with van der Waals surface area (Å²) in [6.45, 7) is 4.73. The molecule has 0 bridgehead atoms. The molecule has 1 aliphatic heterocycles. The van der Waals surface area contributed by atoms with E-state index in [1.807, 2.05) is 30.3 Å². The number of benzene rings is 2. The zero-order valence-electron chi connectivity index (χ0n) is 27.5. The summed E-state index contributed by atoms with van der Waals surface area (Å²) in [5, 5.41) is 11.2. The van der Waals surface area contributed by atoms with Crippen molar-refractivity contribution in [3.63, 3.8) is 0 Å². The minimum atomic E-state index is -4.05. The lowest BCUT2D eigenvalue weighted by atomic mass is 10.1. The minimum Gasteiger partial charge on any atom is -0.453 e. The number of esters is 1. The largest absolute Gasteiger partial charge is 0.453 e. The van der Waals surface area contributed by atoms with E-state index in [4.69, 9.17) is 32.7 Å². The highest BCUT2D eigenvalue weighted by molar-refractivity contribution is 7.54. The molecule has 1 aliphatic rings. The van der Waals surface area contributed by atoms with Gasteiger partial charge in [0.15, 0.2) is 18.2 Å². The third-order valence-electron chi connectivity index (χ3n) is 7.54. The van der Waals surface area contributed by atoms with Crippen LogP contribution in [0.5, 0.6) is 0 Å². The predicted octanol–water partition coefficient (Wildman–Crippen LogP) is 3.62. The number of aliphatic hydroxyl groups is 1. The molecule has 0 saturated carbocycles. The fourth-order valence-electron chi connectivity index (χ4n) is 5.26. The number of aromatic nitrogens is 2. The molecule has 262 valence electrons. The van der Waals surface area contributed by atoms with Gasteiger partial charge in [-0.15, -0.1) is 0 Å². The highest BCUT2D eigenvalue weighted by Crippen LogP contribution is 2.54. The third kappa shape index (κ3) is 9.16. The Labute approximate surface area is 278 Å². The lowest BCUT2D eigenvalue weighted by Gasteiger charge is -2.27. The predicted molar refractivity (Wildman–Crippen MR) is 174 cm³/mol. The maximum absolute atomic E-state index is 13.9. The first-order chi connectivity index (χ1) is 23.1. The van der Waals surface area contributed by atoms with Crippen LogP contribution in [0.15, 0.2) is 76.4 Å². The van der Waals surface area contributed by atoms with Crippen LogP contribution in [0.3, 0.4) is 0 Å². The van der Waals surface area contributed by atoms with Crippen molar-refractivity contribution in [1.29, 1.82) is 0 Å². The molecule has 15 heteroatoms. The summed E-state index contributed by atoms with van der Waals surface area (Å²) in [7, 11) is -2.56. The summed E-state index contributed by atoms with van der Waals surface area (Å²) in [5.41, 5.74) is -0.0386. The van der Waals surface area contributed by atoms with Gasteiger partial charge < -0.3 is 37.8 Å². The molecule has 2 aromatic carbocycles. The van der Waals surface area contributed by atoms with Gasteiger partial charge in [-0.3, -0.25) is 13.9 Å². The normalized spacial score (nSPS) is 20.1. The quantitative estimate of drug-likeness (QED) is 0.117. The molecule has 4 rings (SSSR count). The van der Waals surface area contributed by atoms with Gasteiger partial charge in [0.1, 0.15) is 18.9 Å². The van der Waals surface area contributed by atoms with Gasteiger partial charge in [-0.25, -0.2) is 14.2 Å². The molecule has 5 atom stereocenters. The van der Waals surface area contributed by atoms with Crippen molar-refractivity contribution in [3.05, 3.63) is 104 Å². The van der Waals surface area contributed by atoms with Crippen molar-refractivity contribution < 1.29 is 47.2 Å². The zero-order chi connectivity index (χ0) is 34.7. The SMILES string of the molecule is CCOP(=O)(OCC)C(O)C[C@H]1O[C@@H](n2cc(C)c(=O)n(COCc3ccccc3)c2=O)[C@H](OCCOC)[C@@H]1OC(=O)c1ccccc1. The highest BCUT2D eigenvalue weighted by atomic mass is 31.2. The smallest absolute Gasteiger partial charge is 0.358 e. The molecule has 0 spiro atoms. The van der Waals surface area contributed by atoms with Crippen LogP contribution in [0.1, 0.15) is 48.0 Å². The second kappa shape index (κ2) is 17.8. The van der Waals surface area contributed by atoms with Crippen LogP contribution < -0.4 is 11.2 Å². The van der Waals surface area contributed by atoms with Crippen LogP contribution >= 0.6 is 7.60 Å². The van der Waals surface area contributed by atoms with E-state index in [1.165, 1.54) is 24.8 Å². The zero-order valence-corrected chi connectivity index (χ0v) is 28.4. The molecule has 0 aliphatic carbocycles. The van der Waals surface area contributed by atoms with E-state index in [0.29, 0.717) is 0 Å². The summed E-state index contributed by atoms with van der Waals surface area (Å²) in [6, 6.07) is 17.5. The monoisotopic (exact) mass is 690 g/mol. The first kappa shape index (κ1) is 37.4. The first-order valence-corrected chi connectivity index (χ1v) is 17.3. The number of ether oxygens (including phenoxy) is 5. The second-order valence-electron chi connectivity index (χ2n) is 10.9. The summed E-state index contributed by atoms with van der Waals surface area (Å²) in [5.74, 6) is -2.40. The molecule has 1 unspecified atom stereocenters. The molecule has 1 saturated heterocycles. The molecule has 2 heterocycles. The van der Waals surface area contributed by atoms with Crippen molar-refractivity contribution in [2.45, 2.75) is 70.9 Å². The van der Waals surface area contributed by atoms with Gasteiger partial charge in [0.05, 0.1) is 38.6 Å². The summed E-state index contributed by atoms with van der Waals surface area (Å²) in [4.78, 5) is 40.4. The Balaban J connectivity index is 1.73. The van der Waals surface area contributed by atoms with Crippen LogP contribution in [0.2, 0.25) is 0 Å². The third-order valence-corrected chi connectivity index (χ3v) is 9.71. The van der Waals surface area contributed by atoms with E-state index >= 15 is 0 Å². The average molecular weight is 691 g/mol. The van der Waals surface area contributed by atoms with Gasteiger partial charge in [0.25, 0.3) is 5.56 Å². The van der Waals surface area contributed by atoms with Gasteiger partial charge in [-0.05, 0) is 38.5 Å². The Morgan fingerprint density at radius 3 is 2.25 bits per heavy atom. The molecule has 0 radical (unpaired) electrons. The van der Waals surface area contributed by atoms with Gasteiger partial charge in [0, 0.05) is 25.3 Å². The number of aliphatic hydroxyl groups excluding tert-OH is 1. The Bertz CT molecular complexity index is 1620. The number of hydrogen-bond donors (Lipinski definition) is 1. The average Bonchev–Trinajstić information content (AvgIpc) is 3.41. The highest BCUT2D eigenvalue weighted by Gasteiger charge is 2.52. The van der Waals surface area contributed by atoms with Crippen molar-refractivity contribution in [1.82, 2.24) is 9.13 Å². The molecular weight excluding hydrogens is 647 g/mol. The van der Waals surface area contributed by atoms with Gasteiger partial charge in [-0.2, -0.15) is 0 Å². The summed E-state index contributed by atoms with van der Waals surface area (Å²) in [6.07, 6.45) is -3.85. The van der Waals surface area contributed by atoms with Crippen LogP contribution in [0, 0.1) is 6.92 Å². The van der Waals surface area contributed by atoms with E-state index in [2.05, 4.69) is 0 Å². The van der Waals surface area contributed by atoms with Crippen LogP contribution in [0.25, 0.3) is 0 Å². The maximum Gasteiger partial charge on any atom is 0.358 e. The van der Waals surface area contributed by atoms with E-state index in [1.54, 1.807) is 44.2 Å². The fraction of sp³-hybridized carbons (Fsp3) is 0.485. The van der Waals surface area contributed by atoms with E-state index < -0.39 is 55.2 Å². The van der Waals surface area contributed by atoms with Crippen molar-refractivity contribution in [3.8, 4) is 0 Å². The Morgan fingerprint density at radius 1 is 0.979 bits per heavy atom. The van der Waals surface area contributed by atoms with Crippen LogP contribution in [-0.4, -0.2) is 77.9 Å². The number of aryl methyl sites for hydroxylation is 1. The molecule has 0 amide bonds. The molecule has 14 nitrogen and oxygen atoms in total. The Hall–Kier alpha value is -3.46. The van der Waals surface area contributed by atoms with Gasteiger partial charge >= 0.3 is 19.3 Å². The standard InChI is InChI=1S/C33H43N2O12P/c1-5-44-48(40,45-6-2)27(36)19-26-28(47-32(38)25-15-11-8-12-16-25)29(43-18-17-41-4)31(46-26)34-20-23(3)30(37)35(33(34)39)22-42-21-24-13-9-7-10-14-24/h7-16,20,26-29,31,36H,5-6,17-19,21-22H2,1-4H3/t26-,27?,28-,29-,31-/m1/s1. The van der Waals surface area contributed by atoms with Crippen molar-refractivity contribution in [2.75, 3.05) is 33.5 Å². The topological polar surface area (TPSA) is 163 Å². The lowest BCUT2D eigenvalue weighted by Crippen LogP contribution is -2.46. The number of carbonyl (C=O) groups excluding carboxylic acids is 1. The minimum absolute atomic E-state index is 0.000218. The van der Waals surface area contributed by atoms with Crippen LogP contribution in [-0.2, 0) is 50.6 Å². The van der Waals surface area contributed by atoms with Crippen molar-refractivity contribution >= 4 is 13.6 Å². The van der Waals surface area contributed by atoms with E-state index in [0.717, 1.165) is 10.1 Å². The molecule has 1 N–H and O–H groups in total. The molecule has 48 heavy (non-hydrogen) atoms. The number of rotatable bonds is 18. The summed E-state index contributed by atoms with van der Waals surface area (Å²) >= 11 is 0. The fourth-order valence-corrected chi connectivity index (χ4v) is 6.87. The lowest BCUT2D eigenvalue weighted by molar-refractivity contribution is -0.0836. The van der Waals surface area contributed by atoms with Gasteiger partial charge in [0.2, 0.25) is 0 Å². The number of methoxy groups -OCH3 is 1. The van der Waals surface area contributed by atoms with E-state index in [-0.39, 0.29) is 57.3 Å². The number of hydrogen-bond acceptors (Lipinski definition) is 12. The number of nitrogens with zero attached hydrogens (tertiary/aromatic N) is 2. The van der Waals surface area contributed by atoms with Gasteiger partial charge in [-0.1, -0.05) is 48.5 Å². The maximum atomic E-state index is 13.9. The number of carbonyl (C=O) groups is 1. The Kier molecular flexibility index (Phi) is 13.9.